The molecule has 0 rings (SSSR count). The van der Waals surface area contributed by atoms with Gasteiger partial charge in [-0.25, -0.2) is 0 Å². The fourth-order valence-corrected chi connectivity index (χ4v) is 0.684. The van der Waals surface area contributed by atoms with Crippen LogP contribution in [0, 0.1) is 0 Å². The predicted octanol–water partition coefficient (Wildman–Crippen LogP) is -12.2. The normalized spacial score (nSPS) is 9.30. The number of aliphatic hydroxyl groups is 1. The minimum absolute atomic E-state index is 0. The molecule has 0 heterocycles. The number of halogens is 3. The molecule has 1 N–H and O–H groups in total. The Kier molecular flexibility index (Phi) is 30.9. The largest absolute Gasteiger partial charge is 1.00 e. The van der Waals surface area contributed by atoms with Crippen molar-refractivity contribution in [1.82, 2.24) is 0 Å². The molecule has 0 aliphatic heterocycles. The molecule has 104 valence electrons. The van der Waals surface area contributed by atoms with Crippen molar-refractivity contribution in [3.05, 3.63) is 0 Å². The zero-order chi connectivity index (χ0) is 14.2. The van der Waals surface area contributed by atoms with Crippen LogP contribution in [0.2, 0.25) is 0 Å². The molecular weight excluding hydrogens is 418 g/mol. The number of carboxylic acid groups (broad SMARTS) is 3. The van der Waals surface area contributed by atoms with Gasteiger partial charge in [-0.05, 0) is 0 Å². The molecule has 0 aromatic heterocycles. The van der Waals surface area contributed by atoms with Crippen molar-refractivity contribution in [1.29, 1.82) is 0 Å². The van der Waals surface area contributed by atoms with Crippen molar-refractivity contribution in [2.75, 3.05) is 0 Å². The molecule has 0 aromatic carbocycles. The first-order chi connectivity index (χ1) is 7.51. The third kappa shape index (κ3) is 23.0. The van der Waals surface area contributed by atoms with E-state index in [1.54, 1.807) is 0 Å². The molecule has 0 spiro atoms. The number of carbonyl (C=O) groups is 3. The Morgan fingerprint density at radius 1 is 0.900 bits per heavy atom. The molecule has 0 saturated carbocycles. The van der Waals surface area contributed by atoms with Crippen LogP contribution in [0.4, 0.5) is 0 Å². The first-order valence-electron chi connectivity index (χ1n) is 3.49. The van der Waals surface area contributed by atoms with Crippen LogP contribution >= 0.6 is 30.4 Å². The third-order valence-electron chi connectivity index (χ3n) is 1.25. The van der Waals surface area contributed by atoms with E-state index in [4.69, 9.17) is 35.5 Å². The summed E-state index contributed by atoms with van der Waals surface area (Å²) < 4.78 is 0. The van der Waals surface area contributed by atoms with Crippen LogP contribution in [0.25, 0.3) is 0 Å². The molecule has 7 nitrogen and oxygen atoms in total. The van der Waals surface area contributed by atoms with Gasteiger partial charge in [-0.2, -0.15) is 0 Å². The van der Waals surface area contributed by atoms with E-state index in [2.05, 4.69) is 0 Å². The summed E-state index contributed by atoms with van der Waals surface area (Å²) in [4.78, 5) is 30.0. The maximum Gasteiger partial charge on any atom is 1.00 e. The van der Waals surface area contributed by atoms with Crippen molar-refractivity contribution in [2.24, 2.45) is 0 Å². The Morgan fingerprint density at radius 2 is 1.10 bits per heavy atom. The average molecular weight is 423 g/mol. The van der Waals surface area contributed by atoms with Crippen LogP contribution in [-0.4, -0.2) is 28.6 Å². The van der Waals surface area contributed by atoms with Gasteiger partial charge < -0.3 is 34.8 Å². The van der Waals surface area contributed by atoms with Crippen molar-refractivity contribution < 1.29 is 134 Å². The summed E-state index contributed by atoms with van der Waals surface area (Å²) in [5, 5.41) is 38.9. The molecule has 0 aliphatic rings. The minimum atomic E-state index is -2.97. The predicted molar refractivity (Wildman–Crippen MR) is 46.8 cm³/mol. The summed E-state index contributed by atoms with van der Waals surface area (Å²) >= 11 is 0. The van der Waals surface area contributed by atoms with Gasteiger partial charge in [0.15, 0.2) is 0 Å². The molecule has 14 heteroatoms. The molecule has 0 fully saturated rings. The Morgan fingerprint density at radius 3 is 1.20 bits per heavy atom. The van der Waals surface area contributed by atoms with Crippen LogP contribution < -0.4 is 104 Å². The first-order valence-corrected chi connectivity index (χ1v) is 7.79. The standard InChI is InChI=1S/C6H8O7.3ClH.Co.3Na/c7-3(8)1-6(13,5(11)12)2-4(9)10;;;;;;;/h13H,1-2H2,(H,7,8)(H,9,10)(H,11,12);3*1H;;;;/q;;;;+3;3*+1/p-6. The topological polar surface area (TPSA) is 141 Å². The molecular formula is C6H5Cl3CoNa3O7. The second-order valence-electron chi connectivity index (χ2n) is 2.56. The number of carboxylic acids is 3. The Labute approximate surface area is 198 Å². The molecule has 0 saturated heterocycles. The van der Waals surface area contributed by atoms with Crippen LogP contribution in [-0.2, 0) is 25.3 Å². The van der Waals surface area contributed by atoms with Crippen LogP contribution in [0.1, 0.15) is 12.8 Å². The van der Waals surface area contributed by atoms with Crippen molar-refractivity contribution >= 4 is 48.3 Å². The van der Waals surface area contributed by atoms with Gasteiger partial charge in [0.2, 0.25) is 0 Å². The van der Waals surface area contributed by atoms with Gasteiger partial charge in [-0.1, -0.05) is 0 Å². The van der Waals surface area contributed by atoms with Crippen molar-refractivity contribution in [3.8, 4) is 0 Å². The fraction of sp³-hybridized carbons (Fsp3) is 0.500. The monoisotopic (exact) mass is 422 g/mol. The van der Waals surface area contributed by atoms with Crippen LogP contribution in [0.3, 0.4) is 0 Å². The summed E-state index contributed by atoms with van der Waals surface area (Å²) in [7, 11) is 13.4. The Bertz CT molecular complexity index is 289. The summed E-state index contributed by atoms with van der Waals surface area (Å²) in [5.74, 6) is -5.98. The molecule has 20 heavy (non-hydrogen) atoms. The molecule has 0 aromatic rings. The van der Waals surface area contributed by atoms with Crippen molar-refractivity contribution in [2.45, 2.75) is 18.4 Å². The van der Waals surface area contributed by atoms with E-state index in [-0.39, 0.29) is 88.7 Å². The molecule has 0 radical (unpaired) electrons. The zero-order valence-electron chi connectivity index (χ0n) is 10.8. The van der Waals surface area contributed by atoms with Gasteiger partial charge in [-0.15, -0.1) is 0 Å². The van der Waals surface area contributed by atoms with E-state index in [1.807, 2.05) is 0 Å². The number of rotatable bonds is 5. The van der Waals surface area contributed by atoms with E-state index in [9.17, 15) is 29.7 Å². The average Bonchev–Trinajstić information content (AvgIpc) is 1.98. The van der Waals surface area contributed by atoms with Gasteiger partial charge in [0.05, 0.1) is 5.97 Å². The smallest absolute Gasteiger partial charge is 1.00 e. The van der Waals surface area contributed by atoms with E-state index < -0.39 is 47.3 Å². The summed E-state index contributed by atoms with van der Waals surface area (Å²) in [6.45, 7) is 0. The fourth-order valence-electron chi connectivity index (χ4n) is 0.684. The van der Waals surface area contributed by atoms with E-state index >= 15 is 0 Å². The molecule has 0 amide bonds. The SMILES string of the molecule is O=C([O-])CC(O)(CC(=O)[O-])C(=O)[O-].[Cl][Co]([Cl])[Cl].[Na+].[Na+].[Na+]. The van der Waals surface area contributed by atoms with Crippen LogP contribution in [0.15, 0.2) is 0 Å². The number of hydrogen-bond acceptors (Lipinski definition) is 7. The maximum atomic E-state index is 10.1. The van der Waals surface area contributed by atoms with Gasteiger partial charge in [0, 0.05) is 24.8 Å². The van der Waals surface area contributed by atoms with Gasteiger partial charge >= 0.3 is 130 Å². The van der Waals surface area contributed by atoms with E-state index in [1.165, 1.54) is 0 Å². The zero-order valence-corrected chi connectivity index (χ0v) is 20.1. The number of aliphatic carboxylic acids is 3. The minimum Gasteiger partial charge on any atom is 1.00 e. The molecule has 0 atom stereocenters. The Hall–Kier alpha value is 2.75. The van der Waals surface area contributed by atoms with Crippen LogP contribution in [0.5, 0.6) is 0 Å². The quantitative estimate of drug-likeness (QED) is 0.433. The van der Waals surface area contributed by atoms with Gasteiger partial charge in [0.1, 0.15) is 5.60 Å². The second-order valence-corrected chi connectivity index (χ2v) is 7.72. The number of carbonyl (C=O) groups excluding carboxylic acids is 3. The molecule has 0 aliphatic carbocycles. The Balaban J connectivity index is -0.0000000951. The third-order valence-corrected chi connectivity index (χ3v) is 1.25. The summed E-state index contributed by atoms with van der Waals surface area (Å²) in [6, 6.07) is 0. The van der Waals surface area contributed by atoms with Crippen molar-refractivity contribution in [3.63, 3.8) is 0 Å². The summed E-state index contributed by atoms with van der Waals surface area (Å²) in [6.07, 6.45) is -2.72. The molecule has 0 unspecified atom stereocenters. The second kappa shape index (κ2) is 18.1. The molecule has 0 bridgehead atoms. The number of hydrogen-bond donors (Lipinski definition) is 1. The first kappa shape index (κ1) is 34.2. The van der Waals surface area contributed by atoms with E-state index in [0.717, 1.165) is 0 Å². The summed E-state index contributed by atoms with van der Waals surface area (Å²) in [5.41, 5.74) is -2.97. The van der Waals surface area contributed by atoms with Gasteiger partial charge in [0.25, 0.3) is 0 Å². The maximum absolute atomic E-state index is 10.1. The van der Waals surface area contributed by atoms with E-state index in [0.29, 0.717) is 0 Å². The van der Waals surface area contributed by atoms with Gasteiger partial charge in [-0.3, -0.25) is 0 Å².